The highest BCUT2D eigenvalue weighted by molar-refractivity contribution is 5.86. The van der Waals surface area contributed by atoms with E-state index < -0.39 is 5.91 Å². The number of carbonyl (C=O) groups is 1. The molecule has 0 spiro atoms. The fourth-order valence-electron chi connectivity index (χ4n) is 1.98. The van der Waals surface area contributed by atoms with E-state index in [0.29, 0.717) is 17.1 Å². The van der Waals surface area contributed by atoms with Gasteiger partial charge < -0.3 is 14.6 Å². The van der Waals surface area contributed by atoms with Gasteiger partial charge in [0, 0.05) is 5.56 Å². The normalized spacial score (nSPS) is 10.6. The third-order valence-electron chi connectivity index (χ3n) is 3.34. The molecule has 0 atom stereocenters. The van der Waals surface area contributed by atoms with Crippen LogP contribution in [0.2, 0.25) is 0 Å². The lowest BCUT2D eigenvalue weighted by Gasteiger charge is -2.06. The first-order valence-corrected chi connectivity index (χ1v) is 7.53. The van der Waals surface area contributed by atoms with Crippen molar-refractivity contribution in [3.63, 3.8) is 0 Å². The molecule has 2 N–H and O–H groups in total. The van der Waals surface area contributed by atoms with Gasteiger partial charge in [0.2, 0.25) is 0 Å². The molecule has 6 nitrogen and oxygen atoms in total. The van der Waals surface area contributed by atoms with E-state index in [4.69, 9.17) is 9.47 Å². The average Bonchev–Trinajstić information content (AvgIpc) is 2.62. The Morgan fingerprint density at radius 3 is 2.67 bits per heavy atom. The van der Waals surface area contributed by atoms with Crippen LogP contribution in [-0.2, 0) is 11.2 Å². The number of hydrazone groups is 1. The highest BCUT2D eigenvalue weighted by Crippen LogP contribution is 2.27. The molecule has 2 rings (SSSR count). The third kappa shape index (κ3) is 4.74. The first-order chi connectivity index (χ1) is 11.6. The predicted molar refractivity (Wildman–Crippen MR) is 91.7 cm³/mol. The molecule has 24 heavy (non-hydrogen) atoms. The van der Waals surface area contributed by atoms with Gasteiger partial charge in [0.1, 0.15) is 5.75 Å². The molecule has 0 aliphatic rings. The lowest BCUT2D eigenvalue weighted by molar-refractivity contribution is -0.123. The van der Waals surface area contributed by atoms with Crippen LogP contribution in [-0.4, -0.2) is 30.9 Å². The van der Waals surface area contributed by atoms with Gasteiger partial charge in [0.05, 0.1) is 13.3 Å². The van der Waals surface area contributed by atoms with Crippen LogP contribution in [0.15, 0.2) is 47.6 Å². The molecule has 0 aromatic heterocycles. The average molecular weight is 328 g/mol. The van der Waals surface area contributed by atoms with Crippen LogP contribution < -0.4 is 14.9 Å². The Hall–Kier alpha value is -3.02. The summed E-state index contributed by atoms with van der Waals surface area (Å²) in [6.07, 6.45) is 2.29. The van der Waals surface area contributed by atoms with E-state index in [9.17, 15) is 9.90 Å². The molecule has 2 aromatic carbocycles. The number of benzene rings is 2. The number of para-hydroxylation sites is 1. The van der Waals surface area contributed by atoms with Crippen LogP contribution in [0.25, 0.3) is 0 Å². The number of rotatable bonds is 7. The quantitative estimate of drug-likeness (QED) is 0.604. The molecule has 0 aliphatic carbocycles. The summed E-state index contributed by atoms with van der Waals surface area (Å²) in [4.78, 5) is 11.7. The van der Waals surface area contributed by atoms with Crippen LogP contribution in [0.3, 0.4) is 0 Å². The zero-order valence-corrected chi connectivity index (χ0v) is 13.7. The maximum absolute atomic E-state index is 11.7. The number of hydrogen-bond acceptors (Lipinski definition) is 5. The number of aromatic hydroxyl groups is 1. The van der Waals surface area contributed by atoms with Crippen LogP contribution in [0.4, 0.5) is 0 Å². The molecule has 0 aliphatic heterocycles. The van der Waals surface area contributed by atoms with Gasteiger partial charge in [-0.1, -0.05) is 25.1 Å². The van der Waals surface area contributed by atoms with Crippen LogP contribution in [0, 0.1) is 0 Å². The van der Waals surface area contributed by atoms with Gasteiger partial charge >= 0.3 is 0 Å². The Labute approximate surface area is 140 Å². The van der Waals surface area contributed by atoms with Crippen molar-refractivity contribution in [3.8, 4) is 17.2 Å². The molecule has 0 unspecified atom stereocenters. The molecule has 2 aromatic rings. The van der Waals surface area contributed by atoms with Gasteiger partial charge in [-0.25, -0.2) is 5.43 Å². The largest absolute Gasteiger partial charge is 0.504 e. The SMILES string of the molecule is CCc1ccc(OCC(=O)N/N=C/c2cccc(OC)c2O)cc1. The van der Waals surface area contributed by atoms with Gasteiger partial charge in [-0.2, -0.15) is 5.10 Å². The zero-order valence-electron chi connectivity index (χ0n) is 13.7. The van der Waals surface area contributed by atoms with E-state index in [1.807, 2.05) is 24.3 Å². The number of carbonyl (C=O) groups excluding carboxylic acids is 1. The molecule has 1 amide bonds. The highest BCUT2D eigenvalue weighted by Gasteiger charge is 2.05. The van der Waals surface area contributed by atoms with Crippen LogP contribution >= 0.6 is 0 Å². The second-order valence-corrected chi connectivity index (χ2v) is 4.98. The number of hydrogen-bond donors (Lipinski definition) is 2. The van der Waals surface area contributed by atoms with E-state index in [1.54, 1.807) is 18.2 Å². The number of amides is 1. The number of ether oxygens (including phenoxy) is 2. The van der Waals surface area contributed by atoms with Crippen molar-refractivity contribution in [2.75, 3.05) is 13.7 Å². The molecular weight excluding hydrogens is 308 g/mol. The van der Waals surface area contributed by atoms with Crippen molar-refractivity contribution in [1.29, 1.82) is 0 Å². The molecule has 0 fully saturated rings. The second-order valence-electron chi connectivity index (χ2n) is 4.98. The molecule has 0 saturated carbocycles. The molecular formula is C18H20N2O4. The standard InChI is InChI=1S/C18H20N2O4/c1-3-13-7-9-15(10-8-13)24-12-17(21)20-19-11-14-5-4-6-16(23-2)18(14)22/h4-11,22H,3,12H2,1-2H3,(H,20,21)/b19-11+. The van der Waals surface area contributed by atoms with Crippen LogP contribution in [0.5, 0.6) is 17.2 Å². The van der Waals surface area contributed by atoms with E-state index in [0.717, 1.165) is 6.42 Å². The number of phenols is 1. The molecule has 126 valence electrons. The molecule has 0 bridgehead atoms. The van der Waals surface area contributed by atoms with Gasteiger partial charge in [-0.15, -0.1) is 0 Å². The summed E-state index contributed by atoms with van der Waals surface area (Å²) in [7, 11) is 1.46. The summed E-state index contributed by atoms with van der Waals surface area (Å²) in [6, 6.07) is 12.5. The predicted octanol–water partition coefficient (Wildman–Crippen LogP) is 2.49. The maximum atomic E-state index is 11.7. The van der Waals surface area contributed by atoms with Crippen molar-refractivity contribution in [3.05, 3.63) is 53.6 Å². The first-order valence-electron chi connectivity index (χ1n) is 7.53. The summed E-state index contributed by atoms with van der Waals surface area (Å²) in [6.45, 7) is 1.92. The summed E-state index contributed by atoms with van der Waals surface area (Å²) in [5.41, 5.74) is 3.98. The highest BCUT2D eigenvalue weighted by atomic mass is 16.5. The summed E-state index contributed by atoms with van der Waals surface area (Å²) < 4.78 is 10.4. The zero-order chi connectivity index (χ0) is 17.4. The number of nitrogens with one attached hydrogen (secondary N) is 1. The fourth-order valence-corrected chi connectivity index (χ4v) is 1.98. The third-order valence-corrected chi connectivity index (χ3v) is 3.34. The Kier molecular flexibility index (Phi) is 6.19. The summed E-state index contributed by atoms with van der Waals surface area (Å²) >= 11 is 0. The maximum Gasteiger partial charge on any atom is 0.277 e. The molecule has 0 saturated heterocycles. The Balaban J connectivity index is 1.84. The van der Waals surface area contributed by atoms with Crippen molar-refractivity contribution in [2.45, 2.75) is 13.3 Å². The van der Waals surface area contributed by atoms with Gasteiger partial charge in [0.15, 0.2) is 18.1 Å². The Morgan fingerprint density at radius 1 is 1.25 bits per heavy atom. The van der Waals surface area contributed by atoms with E-state index in [1.165, 1.54) is 18.9 Å². The monoisotopic (exact) mass is 328 g/mol. The number of phenolic OH excluding ortho intramolecular Hbond substituents is 1. The number of nitrogens with zero attached hydrogens (tertiary/aromatic N) is 1. The van der Waals surface area contributed by atoms with Gasteiger partial charge in [-0.3, -0.25) is 4.79 Å². The number of methoxy groups -OCH3 is 1. The van der Waals surface area contributed by atoms with Gasteiger partial charge in [0.25, 0.3) is 5.91 Å². The van der Waals surface area contributed by atoms with E-state index in [2.05, 4.69) is 17.5 Å². The van der Waals surface area contributed by atoms with Gasteiger partial charge in [-0.05, 0) is 36.2 Å². The Morgan fingerprint density at radius 2 is 2.00 bits per heavy atom. The van der Waals surface area contributed by atoms with Crippen molar-refractivity contribution < 1.29 is 19.4 Å². The molecule has 6 heteroatoms. The lowest BCUT2D eigenvalue weighted by Crippen LogP contribution is -2.24. The van der Waals surface area contributed by atoms with Crippen molar-refractivity contribution in [2.24, 2.45) is 5.10 Å². The smallest absolute Gasteiger partial charge is 0.277 e. The van der Waals surface area contributed by atoms with Crippen LogP contribution in [0.1, 0.15) is 18.1 Å². The molecule has 0 radical (unpaired) electrons. The minimum atomic E-state index is -0.395. The fraction of sp³-hybridized carbons (Fsp3) is 0.222. The minimum Gasteiger partial charge on any atom is -0.504 e. The summed E-state index contributed by atoms with van der Waals surface area (Å²) in [5.74, 6) is 0.527. The first kappa shape index (κ1) is 17.3. The van der Waals surface area contributed by atoms with Crippen molar-refractivity contribution in [1.82, 2.24) is 5.43 Å². The topological polar surface area (TPSA) is 80.2 Å². The Bertz CT molecular complexity index is 711. The number of aryl methyl sites for hydroxylation is 1. The molecule has 0 heterocycles. The minimum absolute atomic E-state index is 0.0368. The van der Waals surface area contributed by atoms with E-state index >= 15 is 0 Å². The van der Waals surface area contributed by atoms with E-state index in [-0.39, 0.29) is 12.4 Å². The van der Waals surface area contributed by atoms with Crippen molar-refractivity contribution >= 4 is 12.1 Å². The second kappa shape index (κ2) is 8.57. The summed E-state index contributed by atoms with van der Waals surface area (Å²) in [5, 5.41) is 13.7. The lowest BCUT2D eigenvalue weighted by atomic mass is 10.2.